The van der Waals surface area contributed by atoms with Gasteiger partial charge in [0.25, 0.3) is 0 Å². The number of carbonyl (C=O) groups is 1. The largest absolute Gasteiger partial charge is 0.478 e. The fraction of sp³-hybridized carbons (Fsp3) is 0.429. The molecule has 1 aromatic heterocycles. The number of carboxylic acid groups (broad SMARTS) is 1. The molecule has 1 aromatic carbocycles. The number of fused-ring (bicyclic) bond motifs is 1. The van der Waals surface area contributed by atoms with E-state index in [9.17, 15) is 9.90 Å². The zero-order chi connectivity index (χ0) is 13.4. The van der Waals surface area contributed by atoms with E-state index in [1.807, 2.05) is 4.57 Å². The molecule has 5 nitrogen and oxygen atoms in total. The molecule has 2 unspecified atom stereocenters. The van der Waals surface area contributed by atoms with Crippen molar-refractivity contribution >= 4 is 17.0 Å². The van der Waals surface area contributed by atoms with Gasteiger partial charge in [-0.25, -0.2) is 9.78 Å². The molecule has 1 aliphatic rings. The van der Waals surface area contributed by atoms with Crippen molar-refractivity contribution in [2.24, 2.45) is 5.92 Å². The van der Waals surface area contributed by atoms with Gasteiger partial charge in [-0.1, -0.05) is 6.42 Å². The molecule has 1 saturated carbocycles. The van der Waals surface area contributed by atoms with Crippen LogP contribution >= 0.6 is 0 Å². The van der Waals surface area contributed by atoms with Gasteiger partial charge in [-0.15, -0.1) is 0 Å². The number of benzene rings is 1. The Morgan fingerprint density at radius 3 is 3.00 bits per heavy atom. The van der Waals surface area contributed by atoms with E-state index >= 15 is 0 Å². The lowest BCUT2D eigenvalue weighted by Gasteiger charge is -2.19. The maximum absolute atomic E-state index is 11.0. The van der Waals surface area contributed by atoms with Crippen molar-refractivity contribution in [1.29, 1.82) is 0 Å². The van der Waals surface area contributed by atoms with E-state index in [0.29, 0.717) is 0 Å². The Morgan fingerprint density at radius 1 is 1.42 bits per heavy atom. The number of nitrogens with zero attached hydrogens (tertiary/aromatic N) is 2. The fourth-order valence-corrected chi connectivity index (χ4v) is 3.02. The Labute approximate surface area is 110 Å². The molecule has 2 N–H and O–H groups in total. The zero-order valence-corrected chi connectivity index (χ0v) is 10.5. The minimum atomic E-state index is -0.931. The highest BCUT2D eigenvalue weighted by Gasteiger charge is 2.29. The molecule has 0 bridgehead atoms. The van der Waals surface area contributed by atoms with Crippen LogP contribution < -0.4 is 0 Å². The third kappa shape index (κ3) is 2.00. The summed E-state index contributed by atoms with van der Waals surface area (Å²) in [7, 11) is 0. The second-order valence-corrected chi connectivity index (χ2v) is 5.10. The van der Waals surface area contributed by atoms with Crippen LogP contribution in [0.5, 0.6) is 0 Å². The predicted octanol–water partition coefficient (Wildman–Crippen LogP) is 2.07. The number of aliphatic hydroxyl groups excluding tert-OH is 1. The van der Waals surface area contributed by atoms with Crippen molar-refractivity contribution in [3.8, 4) is 0 Å². The van der Waals surface area contributed by atoms with E-state index in [1.165, 1.54) is 0 Å². The number of aliphatic hydroxyl groups is 1. The molecule has 2 aromatic rings. The van der Waals surface area contributed by atoms with Gasteiger partial charge in [0.05, 0.1) is 22.9 Å². The van der Waals surface area contributed by atoms with Gasteiger partial charge in [0, 0.05) is 18.6 Å². The van der Waals surface area contributed by atoms with E-state index in [-0.39, 0.29) is 24.1 Å². The van der Waals surface area contributed by atoms with Gasteiger partial charge < -0.3 is 14.8 Å². The first-order chi connectivity index (χ1) is 9.20. The van der Waals surface area contributed by atoms with Crippen molar-refractivity contribution in [2.45, 2.75) is 25.3 Å². The Hall–Kier alpha value is -1.88. The van der Waals surface area contributed by atoms with E-state index in [1.54, 1.807) is 24.5 Å². The van der Waals surface area contributed by atoms with Gasteiger partial charge in [-0.2, -0.15) is 0 Å². The number of aromatic carboxylic acids is 1. The Bertz CT molecular complexity index is 620. The second kappa shape index (κ2) is 4.66. The molecule has 0 spiro atoms. The average molecular weight is 260 g/mol. The predicted molar refractivity (Wildman–Crippen MR) is 70.2 cm³/mol. The van der Waals surface area contributed by atoms with E-state index in [4.69, 9.17) is 5.11 Å². The van der Waals surface area contributed by atoms with Gasteiger partial charge in [-0.3, -0.25) is 0 Å². The molecule has 100 valence electrons. The van der Waals surface area contributed by atoms with E-state index in [0.717, 1.165) is 30.3 Å². The maximum atomic E-state index is 11.0. The molecule has 0 amide bonds. The molecule has 0 radical (unpaired) electrons. The standard InChI is InChI=1S/C14H16N2O3/c17-7-10-2-1-3-12(10)16-8-15-11-5-4-9(14(18)19)6-13(11)16/h4-6,8,10,12,17H,1-3,7H2,(H,18,19). The summed E-state index contributed by atoms with van der Waals surface area (Å²) in [6.07, 6.45) is 4.87. The molecule has 5 heteroatoms. The van der Waals surface area contributed by atoms with Crippen molar-refractivity contribution in [3.63, 3.8) is 0 Å². The summed E-state index contributed by atoms with van der Waals surface area (Å²) in [5.74, 6) is -0.689. The summed E-state index contributed by atoms with van der Waals surface area (Å²) in [5.41, 5.74) is 1.91. The van der Waals surface area contributed by atoms with Gasteiger partial charge in [-0.05, 0) is 31.0 Å². The van der Waals surface area contributed by atoms with Crippen LogP contribution in [0.2, 0.25) is 0 Å². The molecule has 1 fully saturated rings. The highest BCUT2D eigenvalue weighted by Crippen LogP contribution is 2.37. The third-order valence-electron chi connectivity index (χ3n) is 4.03. The zero-order valence-electron chi connectivity index (χ0n) is 10.5. The van der Waals surface area contributed by atoms with Crippen LogP contribution in [0.3, 0.4) is 0 Å². The lowest BCUT2D eigenvalue weighted by atomic mass is 10.0. The fourth-order valence-electron chi connectivity index (χ4n) is 3.02. The lowest BCUT2D eigenvalue weighted by molar-refractivity contribution is 0.0697. The summed E-state index contributed by atoms with van der Waals surface area (Å²) < 4.78 is 2.02. The van der Waals surface area contributed by atoms with Crippen LogP contribution in [-0.4, -0.2) is 32.3 Å². The summed E-state index contributed by atoms with van der Waals surface area (Å²) in [5, 5.41) is 18.5. The van der Waals surface area contributed by atoms with E-state index in [2.05, 4.69) is 4.98 Å². The van der Waals surface area contributed by atoms with Gasteiger partial charge in [0.1, 0.15) is 0 Å². The van der Waals surface area contributed by atoms with Crippen molar-refractivity contribution < 1.29 is 15.0 Å². The molecule has 0 saturated heterocycles. The normalized spacial score (nSPS) is 23.0. The Kier molecular flexibility index (Phi) is 2.98. The average Bonchev–Trinajstić information content (AvgIpc) is 3.03. The van der Waals surface area contributed by atoms with Crippen LogP contribution in [0.15, 0.2) is 24.5 Å². The first kappa shape index (κ1) is 12.2. The smallest absolute Gasteiger partial charge is 0.335 e. The molecular formula is C14H16N2O3. The molecule has 1 heterocycles. The molecule has 1 aliphatic carbocycles. The number of hydrogen-bond acceptors (Lipinski definition) is 3. The second-order valence-electron chi connectivity index (χ2n) is 5.10. The van der Waals surface area contributed by atoms with Crippen LogP contribution in [-0.2, 0) is 0 Å². The van der Waals surface area contributed by atoms with Crippen molar-refractivity contribution in [2.75, 3.05) is 6.61 Å². The minimum absolute atomic E-state index is 0.170. The number of hydrogen-bond donors (Lipinski definition) is 2. The number of rotatable bonds is 3. The molecule has 0 aliphatic heterocycles. The summed E-state index contributed by atoms with van der Waals surface area (Å²) >= 11 is 0. The lowest BCUT2D eigenvalue weighted by Crippen LogP contribution is -2.16. The number of imidazole rings is 1. The molecule has 3 rings (SSSR count). The Balaban J connectivity index is 2.08. The number of carboxylic acids is 1. The monoisotopic (exact) mass is 260 g/mol. The van der Waals surface area contributed by atoms with Crippen molar-refractivity contribution in [1.82, 2.24) is 9.55 Å². The van der Waals surface area contributed by atoms with Crippen LogP contribution in [0.4, 0.5) is 0 Å². The van der Waals surface area contributed by atoms with Crippen LogP contribution in [0, 0.1) is 5.92 Å². The number of aromatic nitrogens is 2. The SMILES string of the molecule is O=C(O)c1ccc2ncn(C3CCCC3CO)c2c1. The summed E-state index contributed by atoms with van der Waals surface area (Å²) in [6.45, 7) is 0.170. The van der Waals surface area contributed by atoms with Crippen LogP contribution in [0.1, 0.15) is 35.7 Å². The highest BCUT2D eigenvalue weighted by molar-refractivity contribution is 5.92. The quantitative estimate of drug-likeness (QED) is 0.885. The first-order valence-electron chi connectivity index (χ1n) is 6.51. The highest BCUT2D eigenvalue weighted by atomic mass is 16.4. The molecule has 19 heavy (non-hydrogen) atoms. The van der Waals surface area contributed by atoms with Gasteiger partial charge >= 0.3 is 5.97 Å². The molecular weight excluding hydrogens is 244 g/mol. The minimum Gasteiger partial charge on any atom is -0.478 e. The van der Waals surface area contributed by atoms with E-state index < -0.39 is 5.97 Å². The summed E-state index contributed by atoms with van der Waals surface area (Å²) in [4.78, 5) is 15.4. The maximum Gasteiger partial charge on any atom is 0.335 e. The first-order valence-corrected chi connectivity index (χ1v) is 6.51. The van der Waals surface area contributed by atoms with Gasteiger partial charge in [0.2, 0.25) is 0 Å². The topological polar surface area (TPSA) is 75.3 Å². The van der Waals surface area contributed by atoms with Crippen molar-refractivity contribution in [3.05, 3.63) is 30.1 Å². The summed E-state index contributed by atoms with van der Waals surface area (Å²) in [6, 6.07) is 5.19. The van der Waals surface area contributed by atoms with Gasteiger partial charge in [0.15, 0.2) is 0 Å². The molecule has 2 atom stereocenters. The third-order valence-corrected chi connectivity index (χ3v) is 4.03. The Morgan fingerprint density at radius 2 is 2.26 bits per heavy atom. The van der Waals surface area contributed by atoms with Crippen LogP contribution in [0.25, 0.3) is 11.0 Å².